The molecule has 1 aliphatic heterocycles. The van der Waals surface area contributed by atoms with E-state index >= 15 is 0 Å². The summed E-state index contributed by atoms with van der Waals surface area (Å²) in [5, 5.41) is 11.7. The number of hydrogen-bond donors (Lipinski definition) is 1. The molecule has 0 aliphatic carbocycles. The van der Waals surface area contributed by atoms with Crippen LogP contribution in [0.15, 0.2) is 47.6 Å². The average Bonchev–Trinajstić information content (AvgIpc) is 3.35. The van der Waals surface area contributed by atoms with E-state index < -0.39 is 22.1 Å². The maximum absolute atomic E-state index is 12.9. The van der Waals surface area contributed by atoms with Gasteiger partial charge in [0.05, 0.1) is 23.0 Å². The molecule has 8 nitrogen and oxygen atoms in total. The van der Waals surface area contributed by atoms with Crippen molar-refractivity contribution in [3.63, 3.8) is 0 Å². The summed E-state index contributed by atoms with van der Waals surface area (Å²) in [6.07, 6.45) is -1.26. The Hall–Kier alpha value is -2.73. The Balaban J connectivity index is 1.45. The molecule has 29 heavy (non-hydrogen) atoms. The van der Waals surface area contributed by atoms with Crippen LogP contribution in [0.1, 0.15) is 18.1 Å². The highest BCUT2D eigenvalue weighted by Crippen LogP contribution is 2.34. The van der Waals surface area contributed by atoms with Gasteiger partial charge in [0.2, 0.25) is 10.0 Å². The van der Waals surface area contributed by atoms with Crippen LogP contribution in [0, 0.1) is 5.92 Å². The van der Waals surface area contributed by atoms with E-state index in [0.29, 0.717) is 5.69 Å². The minimum atomic E-state index is -4.28. The topological polar surface area (TPSA) is 94.7 Å². The van der Waals surface area contributed by atoms with Crippen molar-refractivity contribution in [2.45, 2.75) is 37.0 Å². The lowest BCUT2D eigenvalue weighted by atomic mass is 9.97. The molecule has 0 bridgehead atoms. The molecule has 0 spiro atoms. The number of halogens is 3. The van der Waals surface area contributed by atoms with E-state index in [4.69, 9.17) is 0 Å². The van der Waals surface area contributed by atoms with Crippen LogP contribution in [-0.4, -0.2) is 39.1 Å². The van der Waals surface area contributed by atoms with E-state index in [1.54, 1.807) is 39.8 Å². The number of fused-ring (bicyclic) bond motifs is 1. The van der Waals surface area contributed by atoms with Crippen LogP contribution < -0.4 is 4.72 Å². The second-order valence-corrected chi connectivity index (χ2v) is 8.45. The Kier molecular flexibility index (Phi) is 4.90. The Bertz CT molecular complexity index is 1090. The second kappa shape index (κ2) is 7.26. The van der Waals surface area contributed by atoms with E-state index in [1.165, 1.54) is 12.1 Å². The lowest BCUT2D eigenvalue weighted by Crippen LogP contribution is -2.32. The van der Waals surface area contributed by atoms with Crippen LogP contribution in [0.3, 0.4) is 0 Å². The maximum atomic E-state index is 12.9. The highest BCUT2D eigenvalue weighted by Gasteiger charge is 2.42. The van der Waals surface area contributed by atoms with Crippen LogP contribution in [0.25, 0.3) is 5.69 Å². The monoisotopic (exact) mass is 426 g/mol. The van der Waals surface area contributed by atoms with Crippen molar-refractivity contribution in [2.24, 2.45) is 5.92 Å². The summed E-state index contributed by atoms with van der Waals surface area (Å²) in [4.78, 5) is 0.0592. The summed E-state index contributed by atoms with van der Waals surface area (Å²) in [6, 6.07) is 7.90. The number of sulfonamides is 1. The average molecular weight is 426 g/mol. The molecule has 1 aromatic carbocycles. The third kappa shape index (κ3) is 4.03. The molecule has 0 radical (unpaired) electrons. The van der Waals surface area contributed by atoms with Gasteiger partial charge in [-0.1, -0.05) is 0 Å². The first-order valence-corrected chi connectivity index (χ1v) is 10.3. The fourth-order valence-corrected chi connectivity index (χ4v) is 4.22. The zero-order valence-corrected chi connectivity index (χ0v) is 15.9. The van der Waals surface area contributed by atoms with E-state index in [9.17, 15) is 21.6 Å². The fraction of sp³-hybridized carbons (Fsp3) is 0.353. The minimum absolute atomic E-state index is 0.0592. The molecule has 4 rings (SSSR count). The molecule has 3 aromatic rings. The van der Waals surface area contributed by atoms with Gasteiger partial charge < -0.3 is 4.57 Å². The first-order valence-electron chi connectivity index (χ1n) is 8.81. The molecule has 0 saturated heterocycles. The van der Waals surface area contributed by atoms with Crippen LogP contribution in [0.2, 0.25) is 0 Å². The summed E-state index contributed by atoms with van der Waals surface area (Å²) in [5.41, 5.74) is 0.708. The smallest absolute Gasteiger partial charge is 0.314 e. The van der Waals surface area contributed by atoms with Gasteiger partial charge >= 0.3 is 6.18 Å². The van der Waals surface area contributed by atoms with E-state index in [-0.39, 0.29) is 42.5 Å². The molecular formula is C17H17F3N6O2S. The molecule has 154 valence electrons. The van der Waals surface area contributed by atoms with E-state index in [2.05, 4.69) is 20.0 Å². The third-order valence-electron chi connectivity index (χ3n) is 4.83. The first-order chi connectivity index (χ1) is 13.7. The fourth-order valence-electron chi connectivity index (χ4n) is 3.24. The third-order valence-corrected chi connectivity index (χ3v) is 6.25. The molecule has 0 saturated carbocycles. The number of aromatic nitrogens is 5. The van der Waals surface area contributed by atoms with Crippen LogP contribution in [0.5, 0.6) is 0 Å². The second-order valence-electron chi connectivity index (χ2n) is 6.68. The summed E-state index contributed by atoms with van der Waals surface area (Å²) in [5.74, 6) is -0.939. The molecule has 1 unspecified atom stereocenters. The first kappa shape index (κ1) is 19.6. The predicted molar refractivity (Wildman–Crippen MR) is 95.5 cm³/mol. The largest absolute Gasteiger partial charge is 0.392 e. The summed E-state index contributed by atoms with van der Waals surface area (Å²) >= 11 is 0. The van der Waals surface area contributed by atoms with Crippen molar-refractivity contribution in [3.8, 4) is 5.69 Å². The van der Waals surface area contributed by atoms with Gasteiger partial charge in [0, 0.05) is 25.4 Å². The van der Waals surface area contributed by atoms with Gasteiger partial charge in [-0.25, -0.2) is 17.8 Å². The van der Waals surface area contributed by atoms with Crippen molar-refractivity contribution in [1.29, 1.82) is 0 Å². The summed E-state index contributed by atoms with van der Waals surface area (Å²) in [7, 11) is -3.82. The quantitative estimate of drug-likeness (QED) is 0.674. The predicted octanol–water partition coefficient (Wildman–Crippen LogP) is 2.07. The molecule has 2 aromatic heterocycles. The number of rotatable bonds is 5. The zero-order valence-electron chi connectivity index (χ0n) is 15.0. The van der Waals surface area contributed by atoms with E-state index in [1.807, 2.05) is 0 Å². The lowest BCUT2D eigenvalue weighted by molar-refractivity contribution is -0.179. The van der Waals surface area contributed by atoms with E-state index in [0.717, 1.165) is 0 Å². The standard InChI is InChI=1S/C17H17F3N6O2S/c18-17(19,20)12-6-9-25-15(10-12)23-24-16(25)11-22-29(27,28)14-4-2-13(3-5-14)26-8-1-7-21-26/h1-5,7-8,12,22H,6,9-11H2. The molecule has 12 heteroatoms. The minimum Gasteiger partial charge on any atom is -0.314 e. The van der Waals surface area contributed by atoms with Gasteiger partial charge in [-0.15, -0.1) is 10.2 Å². The lowest BCUT2D eigenvalue weighted by Gasteiger charge is -2.25. The van der Waals surface area contributed by atoms with Gasteiger partial charge in [-0.05, 0) is 36.8 Å². The zero-order chi connectivity index (χ0) is 20.6. The molecule has 0 amide bonds. The number of alkyl halides is 3. The maximum Gasteiger partial charge on any atom is 0.392 e. The van der Waals surface area contributed by atoms with Gasteiger partial charge in [0.15, 0.2) is 0 Å². The molecule has 3 heterocycles. The molecule has 0 fully saturated rings. The van der Waals surface area contributed by atoms with Gasteiger partial charge in [-0.3, -0.25) is 0 Å². The molecule has 1 aliphatic rings. The number of hydrogen-bond acceptors (Lipinski definition) is 5. The molecular weight excluding hydrogens is 409 g/mol. The highest BCUT2D eigenvalue weighted by molar-refractivity contribution is 7.89. The van der Waals surface area contributed by atoms with Crippen molar-refractivity contribution >= 4 is 10.0 Å². The van der Waals surface area contributed by atoms with Crippen molar-refractivity contribution in [3.05, 3.63) is 54.4 Å². The Morgan fingerprint density at radius 1 is 1.17 bits per heavy atom. The molecule has 1 atom stereocenters. The number of nitrogens with one attached hydrogen (secondary N) is 1. The summed E-state index contributed by atoms with van der Waals surface area (Å²) < 4.78 is 69.3. The number of nitrogens with zero attached hydrogens (tertiary/aromatic N) is 5. The van der Waals surface area contributed by atoms with Crippen LogP contribution in [-0.2, 0) is 29.5 Å². The Morgan fingerprint density at radius 2 is 1.93 bits per heavy atom. The van der Waals surface area contributed by atoms with Crippen molar-refractivity contribution in [2.75, 3.05) is 0 Å². The van der Waals surface area contributed by atoms with Crippen LogP contribution in [0.4, 0.5) is 13.2 Å². The van der Waals surface area contributed by atoms with Crippen molar-refractivity contribution < 1.29 is 21.6 Å². The van der Waals surface area contributed by atoms with Crippen LogP contribution >= 0.6 is 0 Å². The van der Waals surface area contributed by atoms with Crippen molar-refractivity contribution in [1.82, 2.24) is 29.3 Å². The number of benzene rings is 1. The Morgan fingerprint density at radius 3 is 2.59 bits per heavy atom. The summed E-state index contributed by atoms with van der Waals surface area (Å²) in [6.45, 7) is -0.0605. The SMILES string of the molecule is O=S(=O)(NCc1nnc2n1CCC(C(F)(F)F)C2)c1ccc(-n2cccn2)cc1. The van der Waals surface area contributed by atoms with Gasteiger partial charge in [0.25, 0.3) is 0 Å². The normalized spacial score (nSPS) is 17.3. The highest BCUT2D eigenvalue weighted by atomic mass is 32.2. The van der Waals surface area contributed by atoms with Gasteiger partial charge in [0.1, 0.15) is 11.6 Å². The Labute approximate surface area is 164 Å². The van der Waals surface area contributed by atoms with Gasteiger partial charge in [-0.2, -0.15) is 18.3 Å². The molecule has 1 N–H and O–H groups in total.